The Labute approximate surface area is 107 Å². The van der Waals surface area contributed by atoms with Gasteiger partial charge < -0.3 is 10.6 Å². The maximum Gasteiger partial charge on any atom is 0.291 e. The molecule has 0 saturated carbocycles. The third-order valence-corrected chi connectivity index (χ3v) is 3.47. The van der Waals surface area contributed by atoms with Gasteiger partial charge in [-0.25, -0.2) is 4.98 Å². The highest BCUT2D eigenvalue weighted by atomic mass is 16.2. The third-order valence-electron chi connectivity index (χ3n) is 3.47. The standard InChI is InChI=1S/C12H21N5O/c1-3-10-15-11(17-16-10)12(18)14-8(2)9-5-4-6-13-7-9/h8-9,13H,3-7H2,1-2H3,(H,14,18)(H,15,16,17). The number of nitrogens with zero attached hydrogens (tertiary/aromatic N) is 2. The lowest BCUT2D eigenvalue weighted by molar-refractivity contribution is 0.0911. The van der Waals surface area contributed by atoms with E-state index >= 15 is 0 Å². The zero-order chi connectivity index (χ0) is 13.0. The average molecular weight is 251 g/mol. The van der Waals surface area contributed by atoms with E-state index in [0.29, 0.717) is 5.92 Å². The molecule has 1 aromatic rings. The first-order chi connectivity index (χ1) is 8.70. The molecule has 3 N–H and O–H groups in total. The molecule has 2 rings (SSSR count). The zero-order valence-corrected chi connectivity index (χ0v) is 11.0. The Hall–Kier alpha value is -1.43. The van der Waals surface area contributed by atoms with Crippen molar-refractivity contribution in [3.63, 3.8) is 0 Å². The van der Waals surface area contributed by atoms with Crippen LogP contribution < -0.4 is 10.6 Å². The van der Waals surface area contributed by atoms with Crippen LogP contribution in [0, 0.1) is 5.92 Å². The summed E-state index contributed by atoms with van der Waals surface area (Å²) in [6.07, 6.45) is 3.08. The van der Waals surface area contributed by atoms with E-state index in [2.05, 4.69) is 25.8 Å². The van der Waals surface area contributed by atoms with E-state index in [9.17, 15) is 4.79 Å². The quantitative estimate of drug-likeness (QED) is 0.727. The average Bonchev–Trinajstić information content (AvgIpc) is 2.88. The van der Waals surface area contributed by atoms with Gasteiger partial charge >= 0.3 is 0 Å². The fourth-order valence-electron chi connectivity index (χ4n) is 2.25. The summed E-state index contributed by atoms with van der Waals surface area (Å²) in [6.45, 7) is 6.06. The largest absolute Gasteiger partial charge is 0.346 e. The molecule has 2 unspecified atom stereocenters. The second-order valence-corrected chi connectivity index (χ2v) is 4.83. The van der Waals surface area contributed by atoms with Crippen molar-refractivity contribution in [1.29, 1.82) is 0 Å². The predicted molar refractivity (Wildman–Crippen MR) is 68.3 cm³/mol. The molecule has 6 heteroatoms. The Morgan fingerprint density at radius 1 is 1.61 bits per heavy atom. The molecule has 0 aliphatic carbocycles. The molecule has 0 aromatic carbocycles. The highest BCUT2D eigenvalue weighted by Crippen LogP contribution is 2.14. The van der Waals surface area contributed by atoms with Gasteiger partial charge in [-0.2, -0.15) is 0 Å². The minimum absolute atomic E-state index is 0.147. The topological polar surface area (TPSA) is 82.7 Å². The normalized spacial score (nSPS) is 21.6. The highest BCUT2D eigenvalue weighted by Gasteiger charge is 2.23. The van der Waals surface area contributed by atoms with Crippen molar-refractivity contribution in [1.82, 2.24) is 25.8 Å². The lowest BCUT2D eigenvalue weighted by atomic mass is 9.93. The van der Waals surface area contributed by atoms with Crippen LogP contribution in [0.25, 0.3) is 0 Å². The van der Waals surface area contributed by atoms with E-state index in [1.165, 1.54) is 6.42 Å². The Balaban J connectivity index is 1.89. The molecule has 0 radical (unpaired) electrons. The number of carbonyl (C=O) groups excluding carboxylic acids is 1. The molecule has 1 fully saturated rings. The second-order valence-electron chi connectivity index (χ2n) is 4.83. The zero-order valence-electron chi connectivity index (χ0n) is 11.0. The van der Waals surface area contributed by atoms with Gasteiger partial charge in [0.2, 0.25) is 5.82 Å². The SMILES string of the molecule is CCc1nc(C(=O)NC(C)C2CCCNC2)n[nH]1. The Kier molecular flexibility index (Phi) is 4.30. The number of aryl methyl sites for hydroxylation is 1. The molecule has 1 aliphatic heterocycles. The van der Waals surface area contributed by atoms with Crippen LogP contribution in [-0.4, -0.2) is 40.2 Å². The van der Waals surface area contributed by atoms with Crippen LogP contribution in [0.2, 0.25) is 0 Å². The predicted octanol–water partition coefficient (Wildman–Crippen LogP) is 0.485. The van der Waals surface area contributed by atoms with Crippen LogP contribution in [-0.2, 0) is 6.42 Å². The number of carbonyl (C=O) groups is 1. The molecular weight excluding hydrogens is 230 g/mol. The van der Waals surface area contributed by atoms with E-state index in [-0.39, 0.29) is 17.8 Å². The number of H-pyrrole nitrogens is 1. The van der Waals surface area contributed by atoms with Gasteiger partial charge in [0, 0.05) is 12.5 Å². The Morgan fingerprint density at radius 3 is 3.06 bits per heavy atom. The maximum absolute atomic E-state index is 12.0. The first-order valence-corrected chi connectivity index (χ1v) is 6.63. The third kappa shape index (κ3) is 3.07. The number of aromatic amines is 1. The smallest absolute Gasteiger partial charge is 0.291 e. The first kappa shape index (κ1) is 13.0. The summed E-state index contributed by atoms with van der Waals surface area (Å²) in [7, 11) is 0. The van der Waals surface area contributed by atoms with Gasteiger partial charge in [-0.05, 0) is 38.8 Å². The molecule has 1 aliphatic rings. The van der Waals surface area contributed by atoms with E-state index in [4.69, 9.17) is 0 Å². The number of hydrogen-bond acceptors (Lipinski definition) is 4. The van der Waals surface area contributed by atoms with Crippen molar-refractivity contribution in [2.75, 3.05) is 13.1 Å². The minimum atomic E-state index is -0.191. The lowest BCUT2D eigenvalue weighted by Crippen LogP contribution is -2.44. The lowest BCUT2D eigenvalue weighted by Gasteiger charge is -2.28. The molecule has 100 valence electrons. The monoisotopic (exact) mass is 251 g/mol. The van der Waals surface area contributed by atoms with Gasteiger partial charge in [0.1, 0.15) is 5.82 Å². The van der Waals surface area contributed by atoms with Gasteiger partial charge in [0.25, 0.3) is 5.91 Å². The second kappa shape index (κ2) is 5.95. The van der Waals surface area contributed by atoms with Crippen LogP contribution in [0.4, 0.5) is 0 Å². The summed E-state index contributed by atoms with van der Waals surface area (Å²) < 4.78 is 0. The van der Waals surface area contributed by atoms with E-state index in [0.717, 1.165) is 31.8 Å². The molecule has 2 heterocycles. The molecule has 1 saturated heterocycles. The molecule has 1 amide bonds. The molecule has 2 atom stereocenters. The van der Waals surface area contributed by atoms with Gasteiger partial charge in [0.15, 0.2) is 0 Å². The number of rotatable bonds is 4. The number of aromatic nitrogens is 3. The summed E-state index contributed by atoms with van der Waals surface area (Å²) in [5.74, 6) is 1.28. The summed E-state index contributed by atoms with van der Waals surface area (Å²) >= 11 is 0. The van der Waals surface area contributed by atoms with Crippen LogP contribution in [0.15, 0.2) is 0 Å². The van der Waals surface area contributed by atoms with Crippen LogP contribution in [0.1, 0.15) is 43.1 Å². The van der Waals surface area contributed by atoms with Crippen molar-refractivity contribution in [3.8, 4) is 0 Å². The number of amides is 1. The van der Waals surface area contributed by atoms with Crippen molar-refractivity contribution in [2.24, 2.45) is 5.92 Å². The summed E-state index contributed by atoms with van der Waals surface area (Å²) in [5, 5.41) is 13.0. The summed E-state index contributed by atoms with van der Waals surface area (Å²) in [5.41, 5.74) is 0. The van der Waals surface area contributed by atoms with Gasteiger partial charge in [0.05, 0.1) is 0 Å². The summed E-state index contributed by atoms with van der Waals surface area (Å²) in [4.78, 5) is 16.1. The number of piperidine rings is 1. The fraction of sp³-hybridized carbons (Fsp3) is 0.750. The van der Waals surface area contributed by atoms with Gasteiger partial charge in [-0.1, -0.05) is 6.92 Å². The van der Waals surface area contributed by atoms with Crippen LogP contribution in [0.3, 0.4) is 0 Å². The fourth-order valence-corrected chi connectivity index (χ4v) is 2.25. The number of nitrogens with one attached hydrogen (secondary N) is 3. The van der Waals surface area contributed by atoms with E-state index in [1.54, 1.807) is 0 Å². The summed E-state index contributed by atoms with van der Waals surface area (Å²) in [6, 6.07) is 0.147. The van der Waals surface area contributed by atoms with Crippen molar-refractivity contribution >= 4 is 5.91 Å². The van der Waals surface area contributed by atoms with Crippen LogP contribution >= 0.6 is 0 Å². The van der Waals surface area contributed by atoms with Crippen molar-refractivity contribution < 1.29 is 4.79 Å². The van der Waals surface area contributed by atoms with E-state index < -0.39 is 0 Å². The van der Waals surface area contributed by atoms with Gasteiger partial charge in [-0.3, -0.25) is 9.89 Å². The van der Waals surface area contributed by atoms with Crippen molar-refractivity contribution in [2.45, 2.75) is 39.2 Å². The minimum Gasteiger partial charge on any atom is -0.346 e. The van der Waals surface area contributed by atoms with Gasteiger partial charge in [-0.15, -0.1) is 5.10 Å². The maximum atomic E-state index is 12.0. The molecule has 0 spiro atoms. The number of hydrogen-bond donors (Lipinski definition) is 3. The van der Waals surface area contributed by atoms with Crippen molar-refractivity contribution in [3.05, 3.63) is 11.6 Å². The Bertz CT molecular complexity index is 397. The van der Waals surface area contributed by atoms with Crippen LogP contribution in [0.5, 0.6) is 0 Å². The first-order valence-electron chi connectivity index (χ1n) is 6.63. The molecular formula is C12H21N5O. The molecule has 18 heavy (non-hydrogen) atoms. The highest BCUT2D eigenvalue weighted by molar-refractivity contribution is 5.90. The molecule has 0 bridgehead atoms. The van der Waals surface area contributed by atoms with E-state index in [1.807, 2.05) is 13.8 Å². The Morgan fingerprint density at radius 2 is 2.44 bits per heavy atom. The molecule has 1 aromatic heterocycles. The molecule has 6 nitrogen and oxygen atoms in total.